The third kappa shape index (κ3) is 5.65. The predicted molar refractivity (Wildman–Crippen MR) is 110 cm³/mol. The number of aromatic nitrogens is 3. The van der Waals surface area contributed by atoms with E-state index in [1.54, 1.807) is 11.8 Å². The predicted octanol–water partition coefficient (Wildman–Crippen LogP) is 2.35. The first-order valence-corrected chi connectivity index (χ1v) is 10.9. The lowest BCUT2D eigenvalue weighted by atomic mass is 10.1. The lowest BCUT2D eigenvalue weighted by molar-refractivity contribution is -0.142. The van der Waals surface area contributed by atoms with Gasteiger partial charge >= 0.3 is 5.97 Å². The molecule has 8 nitrogen and oxygen atoms in total. The van der Waals surface area contributed by atoms with Crippen LogP contribution in [0.2, 0.25) is 0 Å². The first-order chi connectivity index (χ1) is 13.5. The van der Waals surface area contributed by atoms with Crippen LogP contribution in [-0.2, 0) is 14.3 Å². The average Bonchev–Trinajstić information content (AvgIpc) is 3.05. The zero-order valence-electron chi connectivity index (χ0n) is 16.2. The van der Waals surface area contributed by atoms with Crippen LogP contribution in [0.15, 0.2) is 40.6 Å². The van der Waals surface area contributed by atoms with Crippen molar-refractivity contribution >= 4 is 35.4 Å². The number of carbonyl (C=O) groups is 2. The van der Waals surface area contributed by atoms with Gasteiger partial charge in [0.1, 0.15) is 5.25 Å². The quantitative estimate of drug-likeness (QED) is 0.353. The van der Waals surface area contributed by atoms with Crippen LogP contribution in [0.4, 0.5) is 0 Å². The Kier molecular flexibility index (Phi) is 8.65. The highest BCUT2D eigenvalue weighted by Gasteiger charge is 2.26. The maximum Gasteiger partial charge on any atom is 0.324 e. The average molecular weight is 424 g/mol. The molecule has 0 saturated carbocycles. The monoisotopic (exact) mass is 423 g/mol. The van der Waals surface area contributed by atoms with Crippen LogP contribution in [0.1, 0.15) is 31.6 Å². The number of esters is 1. The molecule has 28 heavy (non-hydrogen) atoms. The van der Waals surface area contributed by atoms with Crippen LogP contribution < -0.4 is 5.84 Å². The van der Waals surface area contributed by atoms with Crippen molar-refractivity contribution in [3.05, 3.63) is 35.9 Å². The number of carbonyl (C=O) groups excluding carboxylic acids is 2. The van der Waals surface area contributed by atoms with E-state index in [-0.39, 0.29) is 24.2 Å². The summed E-state index contributed by atoms with van der Waals surface area (Å²) in [5, 5.41) is 8.32. The summed E-state index contributed by atoms with van der Waals surface area (Å²) in [7, 11) is 0. The third-order valence-corrected chi connectivity index (χ3v) is 6.02. The molecule has 0 aliphatic carbocycles. The summed E-state index contributed by atoms with van der Waals surface area (Å²) < 4.78 is 6.50. The summed E-state index contributed by atoms with van der Waals surface area (Å²) in [6, 6.07) is 9.29. The molecule has 1 aromatic carbocycles. The van der Waals surface area contributed by atoms with Gasteiger partial charge in [-0.1, -0.05) is 53.9 Å². The standard InChI is InChI=1S/C18H25N5O3S2/c1-4-22(5-2)14(24)12-27-17-20-21-18(23(17)19)28-15(16(25)26-6-3)13-10-8-7-9-11-13/h7-11,15H,4-6,12,19H2,1-3H3. The van der Waals surface area contributed by atoms with Crippen LogP contribution >= 0.6 is 23.5 Å². The molecule has 1 amide bonds. The topological polar surface area (TPSA) is 103 Å². The minimum absolute atomic E-state index is 0.0147. The van der Waals surface area contributed by atoms with E-state index in [2.05, 4.69) is 10.2 Å². The molecule has 0 bridgehead atoms. The third-order valence-electron chi connectivity index (χ3n) is 3.90. The van der Waals surface area contributed by atoms with E-state index in [0.717, 1.165) is 5.56 Å². The molecule has 2 rings (SSSR count). The summed E-state index contributed by atoms with van der Waals surface area (Å²) in [4.78, 5) is 26.3. The van der Waals surface area contributed by atoms with Gasteiger partial charge in [-0.05, 0) is 26.3 Å². The second kappa shape index (κ2) is 11.0. The molecule has 1 heterocycles. The lowest BCUT2D eigenvalue weighted by Gasteiger charge is -2.18. The van der Waals surface area contributed by atoms with Crippen molar-refractivity contribution in [2.24, 2.45) is 0 Å². The van der Waals surface area contributed by atoms with E-state index in [9.17, 15) is 9.59 Å². The zero-order valence-corrected chi connectivity index (χ0v) is 17.8. The Morgan fingerprint density at radius 1 is 1.14 bits per heavy atom. The summed E-state index contributed by atoms with van der Waals surface area (Å²) in [5.74, 6) is 5.97. The highest BCUT2D eigenvalue weighted by molar-refractivity contribution is 8.00. The van der Waals surface area contributed by atoms with Crippen molar-refractivity contribution in [3.63, 3.8) is 0 Å². The van der Waals surface area contributed by atoms with Gasteiger partial charge in [0.25, 0.3) is 0 Å². The highest BCUT2D eigenvalue weighted by atomic mass is 32.2. The number of hydrogen-bond acceptors (Lipinski definition) is 8. The molecule has 1 aromatic heterocycles. The van der Waals surface area contributed by atoms with Crippen molar-refractivity contribution in [1.29, 1.82) is 0 Å². The van der Waals surface area contributed by atoms with E-state index >= 15 is 0 Å². The van der Waals surface area contributed by atoms with Crippen molar-refractivity contribution < 1.29 is 14.3 Å². The van der Waals surface area contributed by atoms with E-state index in [0.29, 0.717) is 23.4 Å². The molecule has 2 aromatic rings. The number of thioether (sulfide) groups is 2. The molecule has 0 radical (unpaired) electrons. The molecule has 1 atom stereocenters. The van der Waals surface area contributed by atoms with Gasteiger partial charge in [-0.15, -0.1) is 10.2 Å². The largest absolute Gasteiger partial charge is 0.465 e. The summed E-state index contributed by atoms with van der Waals surface area (Å²) in [6.07, 6.45) is 0. The fourth-order valence-electron chi connectivity index (χ4n) is 2.44. The van der Waals surface area contributed by atoms with E-state index in [4.69, 9.17) is 10.6 Å². The van der Waals surface area contributed by atoms with Crippen LogP contribution in [-0.4, -0.2) is 57.1 Å². The van der Waals surface area contributed by atoms with Crippen molar-refractivity contribution in [2.75, 3.05) is 31.3 Å². The van der Waals surface area contributed by atoms with Gasteiger partial charge in [0, 0.05) is 13.1 Å². The van der Waals surface area contributed by atoms with Gasteiger partial charge in [-0.25, -0.2) is 4.68 Å². The van der Waals surface area contributed by atoms with Gasteiger partial charge in [0.05, 0.1) is 12.4 Å². The minimum atomic E-state index is -0.609. The molecule has 2 N–H and O–H groups in total. The van der Waals surface area contributed by atoms with Gasteiger partial charge < -0.3 is 15.5 Å². The molecule has 0 aliphatic rings. The number of nitrogens with zero attached hydrogens (tertiary/aromatic N) is 4. The van der Waals surface area contributed by atoms with E-state index in [1.165, 1.54) is 28.2 Å². The molecule has 0 aliphatic heterocycles. The fourth-order valence-corrected chi connectivity index (χ4v) is 4.21. The Labute approximate surface area is 173 Å². The Morgan fingerprint density at radius 2 is 1.79 bits per heavy atom. The molecule has 10 heteroatoms. The van der Waals surface area contributed by atoms with Gasteiger partial charge in [0.15, 0.2) is 0 Å². The first-order valence-electron chi connectivity index (χ1n) is 9.01. The molecule has 0 fully saturated rings. The van der Waals surface area contributed by atoms with Crippen LogP contribution in [0.5, 0.6) is 0 Å². The summed E-state index contributed by atoms with van der Waals surface area (Å²) in [6.45, 7) is 7.23. The van der Waals surface area contributed by atoms with E-state index < -0.39 is 5.25 Å². The first kappa shape index (κ1) is 22.1. The summed E-state index contributed by atoms with van der Waals surface area (Å²) in [5.41, 5.74) is 0.792. The Bertz CT molecular complexity index is 781. The van der Waals surface area contributed by atoms with Crippen LogP contribution in [0, 0.1) is 0 Å². The number of amides is 1. The minimum Gasteiger partial charge on any atom is -0.465 e. The normalized spacial score (nSPS) is 11.8. The fraction of sp³-hybridized carbons (Fsp3) is 0.444. The molecular formula is C18H25N5O3S2. The maximum absolute atomic E-state index is 12.4. The highest BCUT2D eigenvalue weighted by Crippen LogP contribution is 2.35. The van der Waals surface area contributed by atoms with Gasteiger partial charge in [-0.2, -0.15) is 0 Å². The van der Waals surface area contributed by atoms with Gasteiger partial charge in [-0.3, -0.25) is 9.59 Å². The van der Waals surface area contributed by atoms with Crippen LogP contribution in [0.25, 0.3) is 0 Å². The molecule has 0 spiro atoms. The van der Waals surface area contributed by atoms with E-state index in [1.807, 2.05) is 44.2 Å². The SMILES string of the molecule is CCOC(=O)C(Sc1nnc(SCC(=O)N(CC)CC)n1N)c1ccccc1. The molecule has 1 unspecified atom stereocenters. The van der Waals surface area contributed by atoms with Crippen LogP contribution in [0.3, 0.4) is 0 Å². The molecule has 152 valence electrons. The second-order valence-corrected chi connectivity index (χ2v) is 7.67. The van der Waals surface area contributed by atoms with Crippen molar-refractivity contribution in [2.45, 2.75) is 36.3 Å². The smallest absolute Gasteiger partial charge is 0.324 e. The second-order valence-electron chi connectivity index (χ2n) is 5.65. The maximum atomic E-state index is 12.4. The molecular weight excluding hydrogens is 398 g/mol. The Balaban J connectivity index is 2.12. The Morgan fingerprint density at radius 3 is 2.39 bits per heavy atom. The zero-order chi connectivity index (χ0) is 20.5. The number of hydrogen-bond donors (Lipinski definition) is 1. The number of nitrogens with two attached hydrogens (primary N) is 1. The number of nitrogen functional groups attached to an aromatic ring is 1. The number of benzene rings is 1. The lowest BCUT2D eigenvalue weighted by Crippen LogP contribution is -2.32. The summed E-state index contributed by atoms with van der Waals surface area (Å²) >= 11 is 2.39. The molecule has 0 saturated heterocycles. The van der Waals surface area contributed by atoms with Crippen molar-refractivity contribution in [1.82, 2.24) is 19.8 Å². The number of rotatable bonds is 10. The number of ether oxygens (including phenoxy) is 1. The van der Waals surface area contributed by atoms with Crippen molar-refractivity contribution in [3.8, 4) is 0 Å². The Hall–Kier alpha value is -2.20. The van der Waals surface area contributed by atoms with Gasteiger partial charge in [0.2, 0.25) is 16.2 Å².